The van der Waals surface area contributed by atoms with E-state index in [2.05, 4.69) is 31.2 Å². The molecule has 2 aromatic carbocycles. The number of carbonyl (C=O) groups excluding carboxylic acids is 1. The molecule has 0 amide bonds. The normalized spacial score (nSPS) is 10.4. The first-order valence-corrected chi connectivity index (χ1v) is 7.49. The van der Waals surface area contributed by atoms with Gasteiger partial charge in [0.1, 0.15) is 0 Å². The number of rotatable bonds is 5. The Kier molecular flexibility index (Phi) is 4.80. The van der Waals surface area contributed by atoms with E-state index in [1.165, 1.54) is 16.0 Å². The highest BCUT2D eigenvalue weighted by Gasteiger charge is 2.02. The van der Waals surface area contributed by atoms with Crippen LogP contribution < -0.4 is 0 Å². The Morgan fingerprint density at radius 1 is 1.00 bits per heavy atom. The smallest absolute Gasteiger partial charge is 0.162 e. The van der Waals surface area contributed by atoms with Gasteiger partial charge in [0.25, 0.3) is 0 Å². The third-order valence-corrected chi connectivity index (χ3v) is 4.11. The number of Topliss-reactive ketones (excluding diaryl/α,β-unsaturated/α-hetero) is 1. The van der Waals surface area contributed by atoms with E-state index in [4.69, 9.17) is 0 Å². The Morgan fingerprint density at radius 2 is 1.63 bits per heavy atom. The van der Waals surface area contributed by atoms with Crippen LogP contribution in [0.4, 0.5) is 0 Å². The van der Waals surface area contributed by atoms with Crippen molar-refractivity contribution in [3.63, 3.8) is 0 Å². The number of carbonyl (C=O) groups is 1. The lowest BCUT2D eigenvalue weighted by molar-refractivity contribution is 0.0988. The first-order valence-electron chi connectivity index (χ1n) is 6.50. The molecular formula is C17H18OS. The number of aryl methyl sites for hydroxylation is 1. The third-order valence-electron chi connectivity index (χ3n) is 3.02. The molecular weight excluding hydrogens is 252 g/mol. The summed E-state index contributed by atoms with van der Waals surface area (Å²) in [6.45, 7) is 3.99. The molecule has 0 aromatic heterocycles. The van der Waals surface area contributed by atoms with E-state index in [0.29, 0.717) is 6.42 Å². The lowest BCUT2D eigenvalue weighted by Gasteiger charge is -2.04. The highest BCUT2D eigenvalue weighted by molar-refractivity contribution is 7.98. The molecule has 0 spiro atoms. The molecule has 0 saturated carbocycles. The average Bonchev–Trinajstić information content (AvgIpc) is 2.46. The highest BCUT2D eigenvalue weighted by atomic mass is 32.2. The fraction of sp³-hybridized carbons (Fsp3) is 0.235. The van der Waals surface area contributed by atoms with Gasteiger partial charge in [-0.25, -0.2) is 0 Å². The summed E-state index contributed by atoms with van der Waals surface area (Å²) in [5, 5.41) is 0. The molecule has 2 aromatic rings. The van der Waals surface area contributed by atoms with Gasteiger partial charge in [0.2, 0.25) is 0 Å². The number of benzene rings is 2. The zero-order chi connectivity index (χ0) is 13.7. The van der Waals surface area contributed by atoms with Gasteiger partial charge >= 0.3 is 0 Å². The molecule has 0 heterocycles. The predicted octanol–water partition coefficient (Wildman–Crippen LogP) is 4.88. The first kappa shape index (κ1) is 13.9. The number of ketones is 1. The van der Waals surface area contributed by atoms with Gasteiger partial charge in [-0.2, -0.15) is 0 Å². The van der Waals surface area contributed by atoms with E-state index in [1.54, 1.807) is 11.8 Å². The molecule has 0 aliphatic carbocycles. The van der Waals surface area contributed by atoms with Gasteiger partial charge in [-0.05, 0) is 24.6 Å². The predicted molar refractivity (Wildman–Crippen MR) is 81.8 cm³/mol. The molecule has 98 valence electrons. The molecule has 1 nitrogen and oxygen atoms in total. The summed E-state index contributed by atoms with van der Waals surface area (Å²) in [6.07, 6.45) is 0.565. The second-order valence-electron chi connectivity index (χ2n) is 4.58. The van der Waals surface area contributed by atoms with Gasteiger partial charge in [0, 0.05) is 22.6 Å². The van der Waals surface area contributed by atoms with Crippen molar-refractivity contribution < 1.29 is 4.79 Å². The van der Waals surface area contributed by atoms with Crippen LogP contribution in [0.1, 0.15) is 34.8 Å². The average molecular weight is 270 g/mol. The fourth-order valence-corrected chi connectivity index (χ4v) is 2.65. The molecule has 0 N–H and O–H groups in total. The Morgan fingerprint density at radius 3 is 2.21 bits per heavy atom. The summed E-state index contributed by atoms with van der Waals surface area (Å²) in [6, 6.07) is 16.5. The van der Waals surface area contributed by atoms with Crippen LogP contribution in [0.2, 0.25) is 0 Å². The molecule has 0 saturated heterocycles. The van der Waals surface area contributed by atoms with E-state index >= 15 is 0 Å². The SMILES string of the molecule is CCC(=O)c1ccc(SCc2ccc(C)cc2)cc1. The fourth-order valence-electron chi connectivity index (χ4n) is 1.79. The van der Waals surface area contributed by atoms with E-state index in [1.807, 2.05) is 31.2 Å². The molecule has 0 radical (unpaired) electrons. The van der Waals surface area contributed by atoms with Gasteiger partial charge in [0.15, 0.2) is 5.78 Å². The summed E-state index contributed by atoms with van der Waals surface area (Å²) >= 11 is 1.80. The largest absolute Gasteiger partial charge is 0.294 e. The van der Waals surface area contributed by atoms with Crippen LogP contribution in [0, 0.1) is 6.92 Å². The summed E-state index contributed by atoms with van der Waals surface area (Å²) in [5.74, 6) is 1.16. The van der Waals surface area contributed by atoms with Gasteiger partial charge in [-0.3, -0.25) is 4.79 Å². The molecule has 0 bridgehead atoms. The van der Waals surface area contributed by atoms with Gasteiger partial charge in [0.05, 0.1) is 0 Å². The van der Waals surface area contributed by atoms with E-state index in [-0.39, 0.29) is 5.78 Å². The van der Waals surface area contributed by atoms with Crippen molar-refractivity contribution in [1.29, 1.82) is 0 Å². The number of hydrogen-bond donors (Lipinski definition) is 0. The minimum atomic E-state index is 0.204. The Hall–Kier alpha value is -1.54. The lowest BCUT2D eigenvalue weighted by Crippen LogP contribution is -1.95. The first-order chi connectivity index (χ1) is 9.19. The van der Waals surface area contributed by atoms with Crippen LogP contribution in [0.15, 0.2) is 53.4 Å². The number of thioether (sulfide) groups is 1. The molecule has 2 heteroatoms. The zero-order valence-corrected chi connectivity index (χ0v) is 12.2. The van der Waals surface area contributed by atoms with E-state index in [0.717, 1.165) is 11.3 Å². The molecule has 0 aliphatic heterocycles. The highest BCUT2D eigenvalue weighted by Crippen LogP contribution is 2.23. The summed E-state index contributed by atoms with van der Waals surface area (Å²) in [7, 11) is 0. The maximum absolute atomic E-state index is 11.5. The molecule has 0 atom stereocenters. The Balaban J connectivity index is 1.96. The van der Waals surface area contributed by atoms with Crippen molar-refractivity contribution in [1.82, 2.24) is 0 Å². The molecule has 0 aliphatic rings. The van der Waals surface area contributed by atoms with Crippen molar-refractivity contribution in [2.45, 2.75) is 30.9 Å². The van der Waals surface area contributed by atoms with Crippen LogP contribution in [0.3, 0.4) is 0 Å². The summed E-state index contributed by atoms with van der Waals surface area (Å²) in [4.78, 5) is 12.7. The maximum Gasteiger partial charge on any atom is 0.162 e. The van der Waals surface area contributed by atoms with Crippen LogP contribution >= 0.6 is 11.8 Å². The standard InChI is InChI=1S/C17H18OS/c1-3-17(18)15-8-10-16(11-9-15)19-12-14-6-4-13(2)5-7-14/h4-11H,3,12H2,1-2H3. The van der Waals surface area contributed by atoms with Gasteiger partial charge < -0.3 is 0 Å². The van der Waals surface area contributed by atoms with Crippen molar-refractivity contribution in [2.24, 2.45) is 0 Å². The Bertz CT molecular complexity index is 540. The van der Waals surface area contributed by atoms with Crippen LogP contribution in [-0.4, -0.2) is 5.78 Å². The second-order valence-corrected chi connectivity index (χ2v) is 5.62. The molecule has 19 heavy (non-hydrogen) atoms. The van der Waals surface area contributed by atoms with Crippen molar-refractivity contribution >= 4 is 17.5 Å². The van der Waals surface area contributed by atoms with Gasteiger partial charge in [-0.1, -0.05) is 48.9 Å². The number of hydrogen-bond acceptors (Lipinski definition) is 2. The van der Waals surface area contributed by atoms with Crippen molar-refractivity contribution in [3.8, 4) is 0 Å². The topological polar surface area (TPSA) is 17.1 Å². The quantitative estimate of drug-likeness (QED) is 0.569. The summed E-state index contributed by atoms with van der Waals surface area (Å²) in [5.41, 5.74) is 3.42. The zero-order valence-electron chi connectivity index (χ0n) is 11.3. The van der Waals surface area contributed by atoms with Crippen LogP contribution in [-0.2, 0) is 5.75 Å². The second kappa shape index (κ2) is 6.58. The minimum Gasteiger partial charge on any atom is -0.294 e. The molecule has 0 fully saturated rings. The maximum atomic E-state index is 11.5. The molecule has 2 rings (SSSR count). The third kappa shape index (κ3) is 3.97. The van der Waals surface area contributed by atoms with Crippen LogP contribution in [0.25, 0.3) is 0 Å². The Labute approximate surface area is 119 Å². The van der Waals surface area contributed by atoms with E-state index < -0.39 is 0 Å². The monoisotopic (exact) mass is 270 g/mol. The lowest BCUT2D eigenvalue weighted by atomic mass is 10.1. The summed E-state index contributed by atoms with van der Waals surface area (Å²) < 4.78 is 0. The van der Waals surface area contributed by atoms with E-state index in [9.17, 15) is 4.79 Å². The van der Waals surface area contributed by atoms with Gasteiger partial charge in [-0.15, -0.1) is 11.8 Å². The van der Waals surface area contributed by atoms with Crippen molar-refractivity contribution in [2.75, 3.05) is 0 Å². The van der Waals surface area contributed by atoms with Crippen LogP contribution in [0.5, 0.6) is 0 Å². The van der Waals surface area contributed by atoms with Crippen molar-refractivity contribution in [3.05, 3.63) is 65.2 Å². The minimum absolute atomic E-state index is 0.204. The molecule has 0 unspecified atom stereocenters.